The summed E-state index contributed by atoms with van der Waals surface area (Å²) < 4.78 is 15.1. The Labute approximate surface area is 94.5 Å². The van der Waals surface area contributed by atoms with Gasteiger partial charge in [-0.2, -0.15) is 0 Å². The highest BCUT2D eigenvalue weighted by atomic mass is 79.9. The van der Waals surface area contributed by atoms with Crippen LogP contribution in [0.25, 0.3) is 10.9 Å². The molecule has 2 aromatic rings. The summed E-state index contributed by atoms with van der Waals surface area (Å²) in [6.07, 6.45) is 0. The van der Waals surface area contributed by atoms with Crippen molar-refractivity contribution in [2.24, 2.45) is 7.05 Å². The van der Waals surface area contributed by atoms with Crippen molar-refractivity contribution >= 4 is 26.8 Å². The fourth-order valence-corrected chi connectivity index (χ4v) is 2.12. The maximum Gasteiger partial charge on any atom is 0.265 e. The predicted molar refractivity (Wildman–Crippen MR) is 61.6 cm³/mol. The molecule has 0 saturated heterocycles. The Balaban J connectivity index is 3.07. The van der Waals surface area contributed by atoms with Gasteiger partial charge in [0.2, 0.25) is 0 Å². The normalized spacial score (nSPS) is 10.9. The molecule has 1 heterocycles. The molecule has 2 rings (SSSR count). The van der Waals surface area contributed by atoms with E-state index in [0.717, 1.165) is 16.5 Å². The number of fused-ring (bicyclic) bond motifs is 1. The van der Waals surface area contributed by atoms with E-state index in [-0.39, 0.29) is 11.4 Å². The van der Waals surface area contributed by atoms with Gasteiger partial charge in [-0.05, 0) is 46.6 Å². The average Bonchev–Trinajstić information content (AvgIpc) is 2.23. The van der Waals surface area contributed by atoms with Gasteiger partial charge in [0, 0.05) is 12.4 Å². The molecule has 0 amide bonds. The van der Waals surface area contributed by atoms with Gasteiger partial charge < -0.3 is 4.57 Å². The predicted octanol–water partition coefficient (Wildman–Crippen LogP) is 2.75. The van der Waals surface area contributed by atoms with Gasteiger partial charge in [0.25, 0.3) is 5.56 Å². The van der Waals surface area contributed by atoms with Crippen LogP contribution in [-0.4, -0.2) is 4.57 Å². The molecule has 0 saturated carbocycles. The molecule has 78 valence electrons. The molecular formula is C11H9BrFNO. The summed E-state index contributed by atoms with van der Waals surface area (Å²) in [4.78, 5) is 11.7. The third kappa shape index (κ3) is 1.49. The summed E-state index contributed by atoms with van der Waals surface area (Å²) >= 11 is 3.22. The molecule has 0 spiro atoms. The fourth-order valence-electron chi connectivity index (χ4n) is 1.64. The van der Waals surface area contributed by atoms with Gasteiger partial charge in [-0.15, -0.1) is 0 Å². The van der Waals surface area contributed by atoms with Crippen LogP contribution in [0.1, 0.15) is 5.56 Å². The third-order valence-corrected chi connectivity index (χ3v) is 3.48. The monoisotopic (exact) mass is 269 g/mol. The van der Waals surface area contributed by atoms with E-state index in [1.807, 2.05) is 0 Å². The van der Waals surface area contributed by atoms with Gasteiger partial charge >= 0.3 is 0 Å². The van der Waals surface area contributed by atoms with E-state index in [0.29, 0.717) is 4.47 Å². The van der Waals surface area contributed by atoms with Crippen molar-refractivity contribution in [3.8, 4) is 0 Å². The lowest BCUT2D eigenvalue weighted by molar-refractivity contribution is 0.629. The summed E-state index contributed by atoms with van der Waals surface area (Å²) in [7, 11) is 1.67. The first-order valence-electron chi connectivity index (χ1n) is 4.46. The number of hydrogen-bond acceptors (Lipinski definition) is 1. The van der Waals surface area contributed by atoms with Crippen LogP contribution in [0.4, 0.5) is 4.39 Å². The largest absolute Gasteiger partial charge is 0.310 e. The van der Waals surface area contributed by atoms with Crippen molar-refractivity contribution in [1.29, 1.82) is 0 Å². The van der Waals surface area contributed by atoms with Crippen LogP contribution < -0.4 is 5.56 Å². The molecular weight excluding hydrogens is 261 g/mol. The number of benzene rings is 1. The second kappa shape index (κ2) is 3.45. The lowest BCUT2D eigenvalue weighted by atomic mass is 10.1. The maximum atomic E-state index is 13.1. The van der Waals surface area contributed by atoms with Crippen molar-refractivity contribution in [3.05, 3.63) is 44.4 Å². The molecule has 0 aliphatic heterocycles. The Hall–Kier alpha value is -1.16. The van der Waals surface area contributed by atoms with Crippen molar-refractivity contribution in [3.63, 3.8) is 0 Å². The number of aromatic nitrogens is 1. The Morgan fingerprint density at radius 2 is 2.07 bits per heavy atom. The fraction of sp³-hybridized carbons (Fsp3) is 0.182. The molecule has 0 fully saturated rings. The van der Waals surface area contributed by atoms with Crippen molar-refractivity contribution in [1.82, 2.24) is 4.57 Å². The third-order valence-electron chi connectivity index (χ3n) is 2.55. The average molecular weight is 270 g/mol. The van der Waals surface area contributed by atoms with Crippen LogP contribution in [0.2, 0.25) is 0 Å². The highest BCUT2D eigenvalue weighted by Gasteiger charge is 2.09. The molecule has 1 aromatic carbocycles. The van der Waals surface area contributed by atoms with E-state index in [1.54, 1.807) is 20.0 Å². The van der Waals surface area contributed by atoms with Crippen LogP contribution in [0.5, 0.6) is 0 Å². The zero-order valence-corrected chi connectivity index (χ0v) is 9.93. The minimum Gasteiger partial charge on any atom is -0.310 e. The summed E-state index contributed by atoms with van der Waals surface area (Å²) in [6, 6.07) is 4.41. The number of aryl methyl sites for hydroxylation is 2. The molecule has 0 radical (unpaired) electrons. The second-order valence-corrected chi connectivity index (χ2v) is 4.26. The van der Waals surface area contributed by atoms with E-state index < -0.39 is 0 Å². The number of nitrogens with zero attached hydrogens (tertiary/aromatic N) is 1. The molecule has 0 unspecified atom stereocenters. The molecule has 1 aromatic heterocycles. The number of pyridine rings is 1. The number of rotatable bonds is 0. The Morgan fingerprint density at radius 3 is 2.73 bits per heavy atom. The summed E-state index contributed by atoms with van der Waals surface area (Å²) in [5.74, 6) is -0.295. The molecule has 0 N–H and O–H groups in total. The quantitative estimate of drug-likeness (QED) is 0.721. The first-order valence-corrected chi connectivity index (χ1v) is 5.26. The van der Waals surface area contributed by atoms with Crippen molar-refractivity contribution in [2.45, 2.75) is 6.92 Å². The van der Waals surface area contributed by atoms with Crippen molar-refractivity contribution in [2.75, 3.05) is 0 Å². The van der Waals surface area contributed by atoms with Crippen LogP contribution in [0.15, 0.2) is 27.5 Å². The maximum absolute atomic E-state index is 13.1. The highest BCUT2D eigenvalue weighted by Crippen LogP contribution is 2.22. The van der Waals surface area contributed by atoms with Crippen LogP contribution >= 0.6 is 15.9 Å². The van der Waals surface area contributed by atoms with Crippen LogP contribution in [0, 0.1) is 12.7 Å². The van der Waals surface area contributed by atoms with Gasteiger partial charge in [-0.3, -0.25) is 4.79 Å². The standard InChI is InChI=1S/C11H9BrFNO/c1-6-8-5-7(13)3-4-9(8)14(2)11(15)10(6)12/h3-5H,1-2H3. The summed E-state index contributed by atoms with van der Waals surface area (Å²) in [5.41, 5.74) is 1.40. The van der Waals surface area contributed by atoms with Crippen LogP contribution in [-0.2, 0) is 7.05 Å². The molecule has 0 atom stereocenters. The van der Waals surface area contributed by atoms with E-state index in [2.05, 4.69) is 15.9 Å². The molecule has 4 heteroatoms. The first kappa shape index (κ1) is 10.4. The molecule has 2 nitrogen and oxygen atoms in total. The van der Waals surface area contributed by atoms with Gasteiger partial charge in [0.1, 0.15) is 5.82 Å². The summed E-state index contributed by atoms with van der Waals surface area (Å²) in [5, 5.41) is 0.754. The first-order chi connectivity index (χ1) is 7.02. The summed E-state index contributed by atoms with van der Waals surface area (Å²) in [6.45, 7) is 1.80. The lowest BCUT2D eigenvalue weighted by Gasteiger charge is -2.09. The number of halogens is 2. The minimum atomic E-state index is -0.295. The van der Waals surface area contributed by atoms with E-state index in [4.69, 9.17) is 0 Å². The van der Waals surface area contributed by atoms with Gasteiger partial charge in [-0.1, -0.05) is 0 Å². The number of hydrogen-bond donors (Lipinski definition) is 0. The molecule has 0 aliphatic carbocycles. The minimum absolute atomic E-state index is 0.105. The van der Waals surface area contributed by atoms with Crippen LogP contribution in [0.3, 0.4) is 0 Å². The van der Waals surface area contributed by atoms with Crippen molar-refractivity contribution < 1.29 is 4.39 Å². The smallest absolute Gasteiger partial charge is 0.265 e. The van der Waals surface area contributed by atoms with Gasteiger partial charge in [0.15, 0.2) is 0 Å². The zero-order valence-electron chi connectivity index (χ0n) is 8.34. The molecule has 0 aliphatic rings. The zero-order chi connectivity index (χ0) is 11.2. The topological polar surface area (TPSA) is 22.0 Å². The second-order valence-electron chi connectivity index (χ2n) is 3.46. The highest BCUT2D eigenvalue weighted by molar-refractivity contribution is 9.10. The Bertz CT molecular complexity index is 604. The van der Waals surface area contributed by atoms with E-state index in [1.165, 1.54) is 16.7 Å². The van der Waals surface area contributed by atoms with Gasteiger partial charge in [-0.25, -0.2) is 4.39 Å². The molecule has 0 bridgehead atoms. The van der Waals surface area contributed by atoms with Gasteiger partial charge in [0.05, 0.1) is 9.99 Å². The SMILES string of the molecule is Cc1c(Br)c(=O)n(C)c2ccc(F)cc12. The van der Waals surface area contributed by atoms with E-state index >= 15 is 0 Å². The lowest BCUT2D eigenvalue weighted by Crippen LogP contribution is -2.18. The van der Waals surface area contributed by atoms with E-state index in [9.17, 15) is 9.18 Å². The Morgan fingerprint density at radius 1 is 1.40 bits per heavy atom. The Kier molecular flexibility index (Phi) is 2.38. The molecule has 15 heavy (non-hydrogen) atoms.